The molecule has 0 radical (unpaired) electrons. The van der Waals surface area contributed by atoms with E-state index in [4.69, 9.17) is 4.52 Å². The van der Waals surface area contributed by atoms with Gasteiger partial charge in [0.2, 0.25) is 0 Å². The SMILES string of the molecule is CCCc1noc(-c2cccc(CNC(=NC)NC3CCN(CCC)CC3)c2)n1. The first-order valence-electron chi connectivity index (χ1n) is 10.8. The highest BCUT2D eigenvalue weighted by Crippen LogP contribution is 2.19. The van der Waals surface area contributed by atoms with Gasteiger partial charge in [-0.2, -0.15) is 4.98 Å². The Morgan fingerprint density at radius 1 is 1.24 bits per heavy atom. The molecule has 2 heterocycles. The van der Waals surface area contributed by atoms with Crippen LogP contribution < -0.4 is 10.6 Å². The smallest absolute Gasteiger partial charge is 0.257 e. The summed E-state index contributed by atoms with van der Waals surface area (Å²) in [5, 5.41) is 11.1. The Balaban J connectivity index is 1.52. The zero-order valence-corrected chi connectivity index (χ0v) is 17.9. The van der Waals surface area contributed by atoms with Crippen molar-refractivity contribution < 1.29 is 4.52 Å². The molecule has 29 heavy (non-hydrogen) atoms. The Morgan fingerprint density at radius 3 is 2.79 bits per heavy atom. The molecule has 0 saturated carbocycles. The summed E-state index contributed by atoms with van der Waals surface area (Å²) in [5.74, 6) is 2.20. The third-order valence-corrected chi connectivity index (χ3v) is 5.27. The van der Waals surface area contributed by atoms with Gasteiger partial charge in [-0.1, -0.05) is 31.1 Å². The van der Waals surface area contributed by atoms with Crippen molar-refractivity contribution >= 4 is 5.96 Å². The van der Waals surface area contributed by atoms with Gasteiger partial charge in [-0.15, -0.1) is 0 Å². The van der Waals surface area contributed by atoms with E-state index in [1.54, 1.807) is 0 Å². The number of nitrogens with one attached hydrogen (secondary N) is 2. The van der Waals surface area contributed by atoms with E-state index in [0.717, 1.165) is 61.7 Å². The van der Waals surface area contributed by atoms with Crippen molar-refractivity contribution in [3.05, 3.63) is 35.7 Å². The summed E-state index contributed by atoms with van der Waals surface area (Å²) >= 11 is 0. The lowest BCUT2D eigenvalue weighted by Gasteiger charge is -2.32. The molecule has 0 unspecified atom stereocenters. The number of aliphatic imine (C=N–C) groups is 1. The molecule has 0 bridgehead atoms. The van der Waals surface area contributed by atoms with E-state index in [0.29, 0.717) is 18.5 Å². The first kappa shape index (κ1) is 21.3. The van der Waals surface area contributed by atoms with Gasteiger partial charge in [0.05, 0.1) is 0 Å². The number of hydrogen-bond donors (Lipinski definition) is 2. The second-order valence-electron chi connectivity index (χ2n) is 7.65. The molecule has 158 valence electrons. The fourth-order valence-electron chi connectivity index (χ4n) is 3.70. The molecule has 0 amide bonds. The zero-order valence-electron chi connectivity index (χ0n) is 17.9. The number of guanidine groups is 1. The number of likely N-dealkylation sites (tertiary alicyclic amines) is 1. The molecule has 1 aromatic carbocycles. The van der Waals surface area contributed by atoms with Gasteiger partial charge in [0.25, 0.3) is 5.89 Å². The van der Waals surface area contributed by atoms with Crippen LogP contribution in [0.5, 0.6) is 0 Å². The molecule has 1 aromatic heterocycles. The molecule has 1 fully saturated rings. The topological polar surface area (TPSA) is 78.6 Å². The second kappa shape index (κ2) is 11.0. The highest BCUT2D eigenvalue weighted by molar-refractivity contribution is 5.80. The lowest BCUT2D eigenvalue weighted by Crippen LogP contribution is -2.48. The maximum Gasteiger partial charge on any atom is 0.257 e. The summed E-state index contributed by atoms with van der Waals surface area (Å²) < 4.78 is 5.41. The standard InChI is InChI=1S/C22H34N6O/c1-4-7-20-26-21(29-27-20)18-9-6-8-17(15-18)16-24-22(23-3)25-19-10-13-28(12-5-2)14-11-19/h6,8-9,15,19H,4-5,7,10-14,16H2,1-3H3,(H2,23,24,25). The number of benzene rings is 1. The van der Waals surface area contributed by atoms with Crippen LogP contribution in [0, 0.1) is 0 Å². The van der Waals surface area contributed by atoms with Gasteiger partial charge < -0.3 is 20.1 Å². The molecule has 2 aromatic rings. The summed E-state index contributed by atoms with van der Waals surface area (Å²) in [4.78, 5) is 11.4. The van der Waals surface area contributed by atoms with E-state index < -0.39 is 0 Å². The largest absolute Gasteiger partial charge is 0.354 e. The Hall–Kier alpha value is -2.41. The van der Waals surface area contributed by atoms with Crippen molar-refractivity contribution in [3.8, 4) is 11.5 Å². The van der Waals surface area contributed by atoms with Gasteiger partial charge >= 0.3 is 0 Å². The van der Waals surface area contributed by atoms with Gasteiger partial charge in [-0.05, 0) is 49.9 Å². The number of rotatable bonds is 8. The van der Waals surface area contributed by atoms with Gasteiger partial charge in [0, 0.05) is 44.7 Å². The molecular formula is C22H34N6O. The molecule has 1 saturated heterocycles. The maximum atomic E-state index is 5.41. The molecule has 0 aliphatic carbocycles. The van der Waals surface area contributed by atoms with Crippen LogP contribution in [0.25, 0.3) is 11.5 Å². The third kappa shape index (κ3) is 6.29. The number of aromatic nitrogens is 2. The lowest BCUT2D eigenvalue weighted by atomic mass is 10.1. The van der Waals surface area contributed by atoms with Crippen LogP contribution in [0.1, 0.15) is 50.9 Å². The lowest BCUT2D eigenvalue weighted by molar-refractivity contribution is 0.206. The van der Waals surface area contributed by atoms with E-state index in [9.17, 15) is 0 Å². The summed E-state index contributed by atoms with van der Waals surface area (Å²) in [6, 6.07) is 8.69. The highest BCUT2D eigenvalue weighted by atomic mass is 16.5. The Labute approximate surface area is 174 Å². The number of hydrogen-bond acceptors (Lipinski definition) is 5. The van der Waals surface area contributed by atoms with Crippen LogP contribution in [0.3, 0.4) is 0 Å². The molecule has 0 spiro atoms. The van der Waals surface area contributed by atoms with Crippen molar-refractivity contribution in [2.24, 2.45) is 4.99 Å². The predicted molar refractivity (Wildman–Crippen MR) is 117 cm³/mol. The van der Waals surface area contributed by atoms with Crippen LogP contribution in [-0.2, 0) is 13.0 Å². The first-order valence-corrected chi connectivity index (χ1v) is 10.8. The van der Waals surface area contributed by atoms with E-state index in [2.05, 4.69) is 56.6 Å². The summed E-state index contributed by atoms with van der Waals surface area (Å²) in [7, 11) is 1.83. The predicted octanol–water partition coefficient (Wildman–Crippen LogP) is 3.23. The van der Waals surface area contributed by atoms with E-state index >= 15 is 0 Å². The van der Waals surface area contributed by atoms with Crippen LogP contribution in [0.15, 0.2) is 33.8 Å². The van der Waals surface area contributed by atoms with E-state index in [-0.39, 0.29) is 0 Å². The molecule has 7 heteroatoms. The molecule has 3 rings (SSSR count). The monoisotopic (exact) mass is 398 g/mol. The van der Waals surface area contributed by atoms with Crippen LogP contribution in [-0.4, -0.2) is 53.7 Å². The average molecular weight is 399 g/mol. The number of aryl methyl sites for hydroxylation is 1. The van der Waals surface area contributed by atoms with Crippen LogP contribution >= 0.6 is 0 Å². The van der Waals surface area contributed by atoms with E-state index in [1.807, 2.05) is 19.2 Å². The van der Waals surface area contributed by atoms with Gasteiger partial charge in [-0.25, -0.2) is 0 Å². The summed E-state index contributed by atoms with van der Waals surface area (Å²) in [5.41, 5.74) is 2.10. The molecule has 2 N–H and O–H groups in total. The highest BCUT2D eigenvalue weighted by Gasteiger charge is 2.19. The average Bonchev–Trinajstić information content (AvgIpc) is 3.22. The Morgan fingerprint density at radius 2 is 2.07 bits per heavy atom. The minimum Gasteiger partial charge on any atom is -0.354 e. The normalized spacial score (nSPS) is 16.2. The van der Waals surface area contributed by atoms with Crippen molar-refractivity contribution in [1.82, 2.24) is 25.7 Å². The van der Waals surface area contributed by atoms with Crippen LogP contribution in [0.4, 0.5) is 0 Å². The van der Waals surface area contributed by atoms with Gasteiger partial charge in [0.1, 0.15) is 0 Å². The summed E-state index contributed by atoms with van der Waals surface area (Å²) in [6.07, 6.45) is 5.39. The second-order valence-corrected chi connectivity index (χ2v) is 7.65. The molecule has 1 aliphatic heterocycles. The minimum absolute atomic E-state index is 0.482. The van der Waals surface area contributed by atoms with Crippen molar-refractivity contribution in [2.45, 2.75) is 58.5 Å². The Bertz CT molecular complexity index is 779. The molecule has 7 nitrogen and oxygen atoms in total. The zero-order chi connectivity index (χ0) is 20.5. The van der Waals surface area contributed by atoms with Crippen molar-refractivity contribution in [2.75, 3.05) is 26.7 Å². The third-order valence-electron chi connectivity index (χ3n) is 5.27. The van der Waals surface area contributed by atoms with Crippen LogP contribution in [0.2, 0.25) is 0 Å². The van der Waals surface area contributed by atoms with Crippen molar-refractivity contribution in [1.29, 1.82) is 0 Å². The Kier molecular flexibility index (Phi) is 8.04. The fraction of sp³-hybridized carbons (Fsp3) is 0.591. The quantitative estimate of drug-likeness (QED) is 0.525. The fourth-order valence-corrected chi connectivity index (χ4v) is 3.70. The number of piperidine rings is 1. The van der Waals surface area contributed by atoms with E-state index in [1.165, 1.54) is 13.0 Å². The molecule has 1 aliphatic rings. The first-order chi connectivity index (χ1) is 14.2. The minimum atomic E-state index is 0.482. The maximum absolute atomic E-state index is 5.41. The van der Waals surface area contributed by atoms with Crippen molar-refractivity contribution in [3.63, 3.8) is 0 Å². The molecule has 0 atom stereocenters. The van der Waals surface area contributed by atoms with Gasteiger partial charge in [-0.3, -0.25) is 4.99 Å². The summed E-state index contributed by atoms with van der Waals surface area (Å²) in [6.45, 7) is 8.57. The van der Waals surface area contributed by atoms with Gasteiger partial charge in [0.15, 0.2) is 11.8 Å². The molecular weight excluding hydrogens is 364 g/mol. The number of nitrogens with zero attached hydrogens (tertiary/aromatic N) is 4.